The van der Waals surface area contributed by atoms with Crippen molar-refractivity contribution in [2.75, 3.05) is 13.1 Å². The summed E-state index contributed by atoms with van der Waals surface area (Å²) in [5, 5.41) is 15.8. The number of hydrogen-bond donors (Lipinski definition) is 1. The lowest BCUT2D eigenvalue weighted by Crippen LogP contribution is -2.41. The topological polar surface area (TPSA) is 84.6 Å². The van der Waals surface area contributed by atoms with Crippen LogP contribution in [-0.2, 0) is 0 Å². The summed E-state index contributed by atoms with van der Waals surface area (Å²) in [7, 11) is 0. The van der Waals surface area contributed by atoms with Crippen molar-refractivity contribution in [2.45, 2.75) is 45.6 Å². The lowest BCUT2D eigenvalue weighted by molar-refractivity contribution is 0.378. The Morgan fingerprint density at radius 3 is 2.75 bits per heavy atom. The fourth-order valence-electron chi connectivity index (χ4n) is 1.32. The van der Waals surface area contributed by atoms with Crippen molar-refractivity contribution in [2.24, 2.45) is 11.0 Å². The SMILES string of the molecule is CC(C)CCC(C)(C#N)NCCCN=[N+]=[N-]. The highest BCUT2D eigenvalue weighted by Crippen LogP contribution is 2.15. The molecular weight excluding hydrogens is 202 g/mol. The first kappa shape index (κ1) is 14.8. The third-order valence-corrected chi connectivity index (χ3v) is 2.48. The number of nitrogens with one attached hydrogen (secondary N) is 1. The zero-order valence-corrected chi connectivity index (χ0v) is 10.4. The van der Waals surface area contributed by atoms with Gasteiger partial charge in [-0.1, -0.05) is 19.0 Å². The van der Waals surface area contributed by atoms with Crippen molar-refractivity contribution in [3.63, 3.8) is 0 Å². The second-order valence-electron chi connectivity index (χ2n) is 4.61. The van der Waals surface area contributed by atoms with Gasteiger partial charge in [0.1, 0.15) is 5.54 Å². The first-order chi connectivity index (χ1) is 7.54. The molecular formula is C11H21N5. The van der Waals surface area contributed by atoms with Gasteiger partial charge in [0, 0.05) is 11.5 Å². The van der Waals surface area contributed by atoms with Crippen LogP contribution < -0.4 is 5.32 Å². The maximum Gasteiger partial charge on any atom is 0.103 e. The summed E-state index contributed by atoms with van der Waals surface area (Å²) in [6, 6.07) is 2.31. The summed E-state index contributed by atoms with van der Waals surface area (Å²) >= 11 is 0. The molecule has 1 N–H and O–H groups in total. The number of nitriles is 1. The Kier molecular flexibility index (Phi) is 7.36. The first-order valence-corrected chi connectivity index (χ1v) is 5.71. The number of rotatable bonds is 8. The summed E-state index contributed by atoms with van der Waals surface area (Å²) in [5.41, 5.74) is 7.64. The van der Waals surface area contributed by atoms with Gasteiger partial charge in [0.05, 0.1) is 6.07 Å². The maximum atomic E-state index is 9.11. The van der Waals surface area contributed by atoms with Crippen LogP contribution in [0.25, 0.3) is 10.4 Å². The summed E-state index contributed by atoms with van der Waals surface area (Å²) < 4.78 is 0. The van der Waals surface area contributed by atoms with Crippen molar-refractivity contribution in [3.8, 4) is 6.07 Å². The van der Waals surface area contributed by atoms with Crippen LogP contribution >= 0.6 is 0 Å². The highest BCUT2D eigenvalue weighted by Gasteiger charge is 2.22. The second-order valence-corrected chi connectivity index (χ2v) is 4.61. The highest BCUT2D eigenvalue weighted by atomic mass is 15.1. The molecule has 0 aromatic rings. The quantitative estimate of drug-likeness (QED) is 0.297. The van der Waals surface area contributed by atoms with E-state index in [1.54, 1.807) is 0 Å². The number of nitrogens with zero attached hydrogens (tertiary/aromatic N) is 4. The van der Waals surface area contributed by atoms with E-state index in [4.69, 9.17) is 10.8 Å². The molecule has 0 rings (SSSR count). The van der Waals surface area contributed by atoms with Gasteiger partial charge in [-0.05, 0) is 44.2 Å². The summed E-state index contributed by atoms with van der Waals surface area (Å²) in [6.07, 6.45) is 2.65. The predicted octanol–water partition coefficient (Wildman–Crippen LogP) is 2.99. The number of azide groups is 1. The number of hydrogen-bond acceptors (Lipinski definition) is 3. The van der Waals surface area contributed by atoms with Gasteiger partial charge in [-0.3, -0.25) is 5.32 Å². The van der Waals surface area contributed by atoms with E-state index in [0.29, 0.717) is 19.0 Å². The van der Waals surface area contributed by atoms with Crippen LogP contribution in [0.1, 0.15) is 40.0 Å². The van der Waals surface area contributed by atoms with Gasteiger partial charge in [-0.2, -0.15) is 5.26 Å². The molecule has 0 aliphatic heterocycles. The molecule has 0 heterocycles. The molecule has 0 saturated heterocycles. The molecule has 0 amide bonds. The molecule has 0 aromatic heterocycles. The van der Waals surface area contributed by atoms with Crippen LogP contribution in [-0.4, -0.2) is 18.6 Å². The molecule has 0 radical (unpaired) electrons. The summed E-state index contributed by atoms with van der Waals surface area (Å²) in [4.78, 5) is 2.68. The molecule has 5 heteroatoms. The average molecular weight is 223 g/mol. The van der Waals surface area contributed by atoms with Crippen LogP contribution in [0, 0.1) is 17.2 Å². The molecule has 0 fully saturated rings. The van der Waals surface area contributed by atoms with Crippen molar-refractivity contribution in [1.82, 2.24) is 5.32 Å². The zero-order valence-electron chi connectivity index (χ0n) is 10.4. The molecule has 0 spiro atoms. The molecule has 90 valence electrons. The van der Waals surface area contributed by atoms with Gasteiger partial charge < -0.3 is 0 Å². The first-order valence-electron chi connectivity index (χ1n) is 5.71. The Morgan fingerprint density at radius 2 is 2.25 bits per heavy atom. The van der Waals surface area contributed by atoms with Crippen LogP contribution in [0.2, 0.25) is 0 Å². The Morgan fingerprint density at radius 1 is 1.56 bits per heavy atom. The molecule has 1 unspecified atom stereocenters. The van der Waals surface area contributed by atoms with Crippen LogP contribution in [0.5, 0.6) is 0 Å². The average Bonchev–Trinajstić information content (AvgIpc) is 2.26. The summed E-state index contributed by atoms with van der Waals surface area (Å²) in [6.45, 7) is 7.41. The molecule has 0 saturated carbocycles. The van der Waals surface area contributed by atoms with Gasteiger partial charge >= 0.3 is 0 Å². The van der Waals surface area contributed by atoms with Crippen molar-refractivity contribution >= 4 is 0 Å². The normalized spacial score (nSPS) is 13.9. The summed E-state index contributed by atoms with van der Waals surface area (Å²) in [5.74, 6) is 0.609. The Bertz CT molecular complexity index is 275. The van der Waals surface area contributed by atoms with Gasteiger partial charge in [0.25, 0.3) is 0 Å². The lowest BCUT2D eigenvalue weighted by Gasteiger charge is -2.24. The van der Waals surface area contributed by atoms with E-state index in [-0.39, 0.29) is 0 Å². The van der Waals surface area contributed by atoms with Crippen molar-refractivity contribution < 1.29 is 0 Å². The van der Waals surface area contributed by atoms with E-state index in [1.807, 2.05) is 6.92 Å². The second kappa shape index (κ2) is 7.98. The van der Waals surface area contributed by atoms with Gasteiger partial charge in [-0.15, -0.1) is 0 Å². The lowest BCUT2D eigenvalue weighted by atomic mass is 9.93. The largest absolute Gasteiger partial charge is 0.300 e. The molecule has 5 nitrogen and oxygen atoms in total. The van der Waals surface area contributed by atoms with E-state index in [1.165, 1.54) is 0 Å². The Balaban J connectivity index is 3.88. The van der Waals surface area contributed by atoms with E-state index in [2.05, 4.69) is 35.3 Å². The van der Waals surface area contributed by atoms with E-state index >= 15 is 0 Å². The van der Waals surface area contributed by atoms with Crippen molar-refractivity contribution in [1.29, 1.82) is 5.26 Å². The van der Waals surface area contributed by atoms with Gasteiger partial charge in [0.2, 0.25) is 0 Å². The third kappa shape index (κ3) is 7.10. The van der Waals surface area contributed by atoms with Crippen molar-refractivity contribution in [3.05, 3.63) is 10.4 Å². The molecule has 1 atom stereocenters. The molecule has 0 aliphatic carbocycles. The maximum absolute atomic E-state index is 9.11. The van der Waals surface area contributed by atoms with E-state index < -0.39 is 5.54 Å². The minimum absolute atomic E-state index is 0.458. The molecule has 0 aliphatic rings. The Hall–Kier alpha value is -1.24. The minimum Gasteiger partial charge on any atom is -0.300 e. The van der Waals surface area contributed by atoms with Crippen LogP contribution in [0.15, 0.2) is 5.11 Å². The Labute approximate surface area is 97.5 Å². The van der Waals surface area contributed by atoms with E-state index in [0.717, 1.165) is 19.3 Å². The standard InChI is InChI=1S/C11H21N5/c1-10(2)5-6-11(3,9-12)14-7-4-8-15-16-13/h10,14H,4-8H2,1-3H3. The highest BCUT2D eigenvalue weighted by molar-refractivity contribution is 5.03. The van der Waals surface area contributed by atoms with Crippen LogP contribution in [0.3, 0.4) is 0 Å². The molecule has 0 bridgehead atoms. The molecule has 0 aromatic carbocycles. The third-order valence-electron chi connectivity index (χ3n) is 2.48. The minimum atomic E-state index is -0.458. The van der Waals surface area contributed by atoms with Gasteiger partial charge in [-0.25, -0.2) is 0 Å². The molecule has 16 heavy (non-hydrogen) atoms. The zero-order chi connectivity index (χ0) is 12.4. The predicted molar refractivity (Wildman–Crippen MR) is 64.7 cm³/mol. The monoisotopic (exact) mass is 223 g/mol. The fraction of sp³-hybridized carbons (Fsp3) is 0.909. The fourth-order valence-corrected chi connectivity index (χ4v) is 1.32. The van der Waals surface area contributed by atoms with Gasteiger partial charge in [0.15, 0.2) is 0 Å². The van der Waals surface area contributed by atoms with Crippen LogP contribution in [0.4, 0.5) is 0 Å². The smallest absolute Gasteiger partial charge is 0.103 e. The van der Waals surface area contributed by atoms with E-state index in [9.17, 15) is 0 Å².